The summed E-state index contributed by atoms with van der Waals surface area (Å²) in [5.41, 5.74) is 19.4. The van der Waals surface area contributed by atoms with Crippen molar-refractivity contribution in [2.75, 3.05) is 0 Å². The van der Waals surface area contributed by atoms with Crippen molar-refractivity contribution in [3.05, 3.63) is 340 Å². The topological polar surface area (TPSA) is 104 Å². The molecular weight excluding hydrogens is 1300 g/mol. The maximum absolute atomic E-state index is 6.92. The van der Waals surface area contributed by atoms with Gasteiger partial charge in [0, 0.05) is 75.1 Å². The SMILES string of the molecule is c1ccc(-c2ccccc2-c2nc(-c3cc(-c4ccc5c(c4)oc4cc(-c6ccc(-c7nc(-c8ccc(-c9cccc%10ccccc9%10)cc8)nc(-c8cccc9c(-c%10ccc%11oc%12ccccc%12c%11c%10)cccc89)n7)cc6)ccc45)c4ccccc4c3)nc(-c3ccc4sc5ccccc5c4c3)n2)cc1. The summed E-state index contributed by atoms with van der Waals surface area (Å²) in [4.78, 5) is 32.1. The van der Waals surface area contributed by atoms with E-state index in [1.165, 1.54) is 36.5 Å². The predicted molar refractivity (Wildman–Crippen MR) is 433 cm³/mol. The third kappa shape index (κ3) is 10.4. The van der Waals surface area contributed by atoms with E-state index in [1.54, 1.807) is 11.3 Å². The van der Waals surface area contributed by atoms with Crippen molar-refractivity contribution in [1.82, 2.24) is 29.9 Å². The zero-order valence-corrected chi connectivity index (χ0v) is 57.1. The van der Waals surface area contributed by atoms with E-state index in [0.717, 1.165) is 149 Å². The van der Waals surface area contributed by atoms with Crippen LogP contribution in [0.3, 0.4) is 0 Å². The van der Waals surface area contributed by atoms with E-state index < -0.39 is 0 Å². The molecule has 16 aromatic carbocycles. The van der Waals surface area contributed by atoms with Crippen LogP contribution in [0.25, 0.3) is 220 Å². The summed E-state index contributed by atoms with van der Waals surface area (Å²) >= 11 is 1.80. The van der Waals surface area contributed by atoms with E-state index in [2.05, 4.69) is 322 Å². The summed E-state index contributed by atoms with van der Waals surface area (Å²) in [5.74, 6) is 3.52. The van der Waals surface area contributed by atoms with Crippen molar-refractivity contribution in [2.24, 2.45) is 0 Å². The molecule has 5 heterocycles. The minimum absolute atomic E-state index is 0.570. The minimum Gasteiger partial charge on any atom is -0.456 e. The Balaban J connectivity index is 0.637. The van der Waals surface area contributed by atoms with Crippen molar-refractivity contribution in [3.63, 3.8) is 0 Å². The van der Waals surface area contributed by atoms with Gasteiger partial charge in [-0.1, -0.05) is 261 Å². The van der Waals surface area contributed by atoms with E-state index >= 15 is 0 Å². The van der Waals surface area contributed by atoms with Crippen molar-refractivity contribution in [2.45, 2.75) is 0 Å². The lowest BCUT2D eigenvalue weighted by Gasteiger charge is -2.14. The second-order valence-corrected chi connectivity index (χ2v) is 27.9. The van der Waals surface area contributed by atoms with Gasteiger partial charge >= 0.3 is 0 Å². The average Bonchev–Trinajstić information content (AvgIpc) is 1.72. The van der Waals surface area contributed by atoms with Crippen LogP contribution >= 0.6 is 11.3 Å². The van der Waals surface area contributed by atoms with Gasteiger partial charge in [-0.2, -0.15) is 0 Å². The number of benzene rings is 16. The van der Waals surface area contributed by atoms with Crippen molar-refractivity contribution in [3.8, 4) is 124 Å². The monoisotopic (exact) mass is 1360 g/mol. The van der Waals surface area contributed by atoms with E-state index in [1.807, 2.05) is 18.2 Å². The summed E-state index contributed by atoms with van der Waals surface area (Å²) in [7, 11) is 0. The van der Waals surface area contributed by atoms with Gasteiger partial charge in [-0.05, 0) is 167 Å². The second-order valence-electron chi connectivity index (χ2n) is 26.8. The Morgan fingerprint density at radius 3 is 1.36 bits per heavy atom. The molecule has 0 unspecified atom stereocenters. The Hall–Kier alpha value is -13.9. The molecule has 0 fully saturated rings. The normalized spacial score (nSPS) is 11.8. The number of aromatic nitrogens is 6. The standard InChI is InChI=1S/C96H56N6O2S/c1-2-17-58(18-3-1)71-23-8-9-27-80(71)95-101-93(67-46-50-90-84(53-67)79-26-11-13-34-89(79)105-90)98-94(102-95)68-51-64-20-5-7-24-73(64)82(54-68)66-44-48-78-77-47-43-63(55-87(77)104-88(78)56-66)57-35-39-61(40-36-57)91-97-92(62-41-37-60(38-42-62)70-28-14-21-59-19-4-6-22-69(59)70)100-96(99-91)81-32-16-30-74-72(29-15-31-75(74)81)65-45-49-86-83(52-65)76-25-10-12-33-85(76)103-86/h1-56H. The Bertz CT molecular complexity index is 7090. The van der Waals surface area contributed by atoms with E-state index in [-0.39, 0.29) is 0 Å². The molecule has 9 heteroatoms. The van der Waals surface area contributed by atoms with Gasteiger partial charge in [0.25, 0.3) is 0 Å². The maximum Gasteiger partial charge on any atom is 0.164 e. The molecule has 488 valence electrons. The van der Waals surface area contributed by atoms with Gasteiger partial charge in [-0.3, -0.25) is 0 Å². The van der Waals surface area contributed by atoms with Gasteiger partial charge < -0.3 is 8.83 Å². The van der Waals surface area contributed by atoms with Gasteiger partial charge in [0.2, 0.25) is 0 Å². The number of para-hydroxylation sites is 1. The average molecular weight is 1360 g/mol. The van der Waals surface area contributed by atoms with Crippen LogP contribution in [0, 0.1) is 0 Å². The van der Waals surface area contributed by atoms with Crippen LogP contribution in [-0.2, 0) is 0 Å². The molecule has 105 heavy (non-hydrogen) atoms. The molecule has 21 rings (SSSR count). The number of furan rings is 2. The number of fused-ring (bicyclic) bond motifs is 12. The minimum atomic E-state index is 0.570. The first kappa shape index (κ1) is 60.0. The molecule has 0 bridgehead atoms. The molecule has 21 aromatic rings. The quantitative estimate of drug-likeness (QED) is 0.126. The Kier molecular flexibility index (Phi) is 14.0. The molecule has 0 atom stereocenters. The first-order valence-corrected chi connectivity index (χ1v) is 36.0. The smallest absolute Gasteiger partial charge is 0.164 e. The van der Waals surface area contributed by atoms with Gasteiger partial charge in [-0.25, -0.2) is 29.9 Å². The fraction of sp³-hybridized carbons (Fsp3) is 0. The number of thiophene rings is 1. The molecule has 0 amide bonds. The highest BCUT2D eigenvalue weighted by molar-refractivity contribution is 7.25. The first-order chi connectivity index (χ1) is 52.0. The molecule has 0 radical (unpaired) electrons. The Morgan fingerprint density at radius 2 is 0.600 bits per heavy atom. The zero-order chi connectivity index (χ0) is 69.1. The van der Waals surface area contributed by atoms with Gasteiger partial charge in [0.05, 0.1) is 0 Å². The number of nitrogens with zero attached hydrogens (tertiary/aromatic N) is 6. The summed E-state index contributed by atoms with van der Waals surface area (Å²) in [5, 5.41) is 13.4. The van der Waals surface area contributed by atoms with Crippen LogP contribution in [0.2, 0.25) is 0 Å². The predicted octanol–water partition coefficient (Wildman–Crippen LogP) is 26.0. The molecule has 0 aliphatic heterocycles. The summed E-state index contributed by atoms with van der Waals surface area (Å²) in [6, 6.07) is 120. The molecule has 0 spiro atoms. The molecule has 0 saturated carbocycles. The van der Waals surface area contributed by atoms with E-state index in [0.29, 0.717) is 34.9 Å². The zero-order valence-electron chi connectivity index (χ0n) is 56.2. The van der Waals surface area contributed by atoms with Crippen LogP contribution < -0.4 is 0 Å². The molecular formula is C96H56N6O2S. The fourth-order valence-electron chi connectivity index (χ4n) is 15.5. The highest BCUT2D eigenvalue weighted by atomic mass is 32.1. The molecule has 0 aliphatic carbocycles. The van der Waals surface area contributed by atoms with Crippen LogP contribution in [-0.4, -0.2) is 29.9 Å². The summed E-state index contributed by atoms with van der Waals surface area (Å²) < 4.78 is 15.6. The Labute approximate surface area is 606 Å². The highest BCUT2D eigenvalue weighted by Crippen LogP contribution is 2.44. The highest BCUT2D eigenvalue weighted by Gasteiger charge is 2.22. The van der Waals surface area contributed by atoms with Crippen LogP contribution in [0.5, 0.6) is 0 Å². The van der Waals surface area contributed by atoms with Crippen molar-refractivity contribution in [1.29, 1.82) is 0 Å². The van der Waals surface area contributed by atoms with Crippen molar-refractivity contribution >= 4 is 108 Å². The summed E-state index contributed by atoms with van der Waals surface area (Å²) in [6.07, 6.45) is 0. The van der Waals surface area contributed by atoms with Crippen LogP contribution in [0.4, 0.5) is 0 Å². The first-order valence-electron chi connectivity index (χ1n) is 35.2. The number of hydrogen-bond donors (Lipinski definition) is 0. The third-order valence-electron chi connectivity index (χ3n) is 20.6. The fourth-order valence-corrected chi connectivity index (χ4v) is 16.5. The lowest BCUT2D eigenvalue weighted by molar-refractivity contribution is 0.668. The maximum atomic E-state index is 6.92. The summed E-state index contributed by atoms with van der Waals surface area (Å²) in [6.45, 7) is 0. The van der Waals surface area contributed by atoms with Crippen LogP contribution in [0.1, 0.15) is 0 Å². The molecule has 0 aliphatic rings. The van der Waals surface area contributed by atoms with Gasteiger partial charge in [0.15, 0.2) is 34.9 Å². The van der Waals surface area contributed by atoms with Gasteiger partial charge in [-0.15, -0.1) is 11.3 Å². The number of rotatable bonds is 11. The van der Waals surface area contributed by atoms with E-state index in [9.17, 15) is 0 Å². The van der Waals surface area contributed by atoms with Crippen molar-refractivity contribution < 1.29 is 8.83 Å². The van der Waals surface area contributed by atoms with Gasteiger partial charge in [0.1, 0.15) is 22.3 Å². The number of hydrogen-bond acceptors (Lipinski definition) is 9. The largest absolute Gasteiger partial charge is 0.456 e. The van der Waals surface area contributed by atoms with E-state index in [4.69, 9.17) is 38.7 Å². The molecule has 8 nitrogen and oxygen atoms in total. The lowest BCUT2D eigenvalue weighted by atomic mass is 9.94. The Morgan fingerprint density at radius 1 is 0.171 bits per heavy atom. The van der Waals surface area contributed by atoms with Crippen LogP contribution in [0.15, 0.2) is 349 Å². The molecule has 0 saturated heterocycles. The molecule has 5 aromatic heterocycles. The molecule has 0 N–H and O–H groups in total. The second kappa shape index (κ2) is 24.5. The lowest BCUT2D eigenvalue weighted by Crippen LogP contribution is -2.01. The third-order valence-corrected chi connectivity index (χ3v) is 21.8.